The number of nitrogens with zero attached hydrogens (tertiary/aromatic N) is 2. The number of methoxy groups -OCH3 is 1. The van der Waals surface area contributed by atoms with Crippen molar-refractivity contribution in [2.75, 3.05) is 39.9 Å². The number of aryl methyl sites for hydroxylation is 1. The van der Waals surface area contributed by atoms with Crippen molar-refractivity contribution in [3.63, 3.8) is 0 Å². The topological polar surface area (TPSA) is 49.9 Å². The first kappa shape index (κ1) is 19.2. The Hall–Kier alpha value is -1.59. The Balaban J connectivity index is 1.59. The van der Waals surface area contributed by atoms with Crippen LogP contribution in [0.25, 0.3) is 0 Å². The first-order chi connectivity index (χ1) is 12.4. The van der Waals surface area contributed by atoms with Gasteiger partial charge in [-0.3, -0.25) is 9.59 Å². The van der Waals surface area contributed by atoms with Crippen LogP contribution in [0, 0.1) is 12.3 Å². The number of rotatable bonds is 5. The van der Waals surface area contributed by atoms with Gasteiger partial charge < -0.3 is 14.5 Å². The molecule has 142 valence electrons. The SMILES string of the molecule is COCCCN1CC2(CCN(C(=O)c3ccc(Cl)cc3C)CC2)CC1=O. The zero-order valence-electron chi connectivity index (χ0n) is 15.6. The van der Waals surface area contributed by atoms with E-state index in [1.54, 1.807) is 19.2 Å². The normalized spacial score (nSPS) is 19.4. The highest BCUT2D eigenvalue weighted by molar-refractivity contribution is 6.30. The summed E-state index contributed by atoms with van der Waals surface area (Å²) in [7, 11) is 1.68. The average Bonchev–Trinajstić information content (AvgIpc) is 2.90. The van der Waals surface area contributed by atoms with Crippen molar-refractivity contribution >= 4 is 23.4 Å². The molecular weight excluding hydrogens is 352 g/mol. The van der Waals surface area contributed by atoms with E-state index in [4.69, 9.17) is 16.3 Å². The van der Waals surface area contributed by atoms with E-state index in [0.717, 1.165) is 37.9 Å². The molecule has 0 bridgehead atoms. The first-order valence-electron chi connectivity index (χ1n) is 9.26. The summed E-state index contributed by atoms with van der Waals surface area (Å²) in [5.74, 6) is 0.310. The number of piperidine rings is 1. The third-order valence-corrected chi connectivity index (χ3v) is 5.95. The van der Waals surface area contributed by atoms with Crippen LogP contribution in [0.4, 0.5) is 0 Å². The molecule has 2 saturated heterocycles. The second kappa shape index (κ2) is 7.97. The van der Waals surface area contributed by atoms with Crippen LogP contribution in [0.2, 0.25) is 5.02 Å². The number of hydrogen-bond donors (Lipinski definition) is 0. The van der Waals surface area contributed by atoms with E-state index < -0.39 is 0 Å². The van der Waals surface area contributed by atoms with Crippen LogP contribution >= 0.6 is 11.6 Å². The van der Waals surface area contributed by atoms with Gasteiger partial charge in [0.05, 0.1) is 0 Å². The van der Waals surface area contributed by atoms with Crippen molar-refractivity contribution < 1.29 is 14.3 Å². The number of amides is 2. The van der Waals surface area contributed by atoms with Gasteiger partial charge in [-0.2, -0.15) is 0 Å². The summed E-state index contributed by atoms with van der Waals surface area (Å²) < 4.78 is 5.08. The summed E-state index contributed by atoms with van der Waals surface area (Å²) >= 11 is 5.99. The second-order valence-corrected chi connectivity index (χ2v) is 8.03. The zero-order chi connectivity index (χ0) is 18.7. The van der Waals surface area contributed by atoms with Crippen LogP contribution in [0.15, 0.2) is 18.2 Å². The van der Waals surface area contributed by atoms with Gasteiger partial charge in [0.2, 0.25) is 5.91 Å². The largest absolute Gasteiger partial charge is 0.385 e. The molecule has 0 aliphatic carbocycles. The lowest BCUT2D eigenvalue weighted by atomic mass is 9.77. The molecule has 5 nitrogen and oxygen atoms in total. The molecule has 2 heterocycles. The molecule has 1 spiro atoms. The molecule has 2 fully saturated rings. The number of ether oxygens (including phenoxy) is 1. The predicted molar refractivity (Wildman–Crippen MR) is 101 cm³/mol. The molecule has 0 atom stereocenters. The molecule has 0 unspecified atom stereocenters. The van der Waals surface area contributed by atoms with Crippen LogP contribution < -0.4 is 0 Å². The Morgan fingerprint density at radius 3 is 2.69 bits per heavy atom. The summed E-state index contributed by atoms with van der Waals surface area (Å²) in [6, 6.07) is 5.40. The molecule has 0 radical (unpaired) electrons. The Kier molecular flexibility index (Phi) is 5.88. The highest BCUT2D eigenvalue weighted by atomic mass is 35.5. The number of hydrogen-bond acceptors (Lipinski definition) is 3. The van der Waals surface area contributed by atoms with Crippen molar-refractivity contribution in [3.8, 4) is 0 Å². The maximum atomic E-state index is 12.8. The van der Waals surface area contributed by atoms with E-state index >= 15 is 0 Å². The Morgan fingerprint density at radius 1 is 1.31 bits per heavy atom. The van der Waals surface area contributed by atoms with Crippen LogP contribution in [-0.4, -0.2) is 61.5 Å². The molecule has 2 aliphatic rings. The molecule has 2 aliphatic heterocycles. The standard InChI is InChI=1S/C20H27ClN2O3/c1-15-12-16(21)4-5-17(15)19(25)22-9-6-20(7-10-22)13-18(24)23(14-20)8-3-11-26-2/h4-5,12H,3,6-11,13-14H2,1-2H3. The molecule has 1 aromatic carbocycles. The highest BCUT2D eigenvalue weighted by Crippen LogP contribution is 2.41. The van der Waals surface area contributed by atoms with Gasteiger partial charge in [0.25, 0.3) is 5.91 Å². The van der Waals surface area contributed by atoms with Gasteiger partial charge in [0, 0.05) is 62.3 Å². The molecule has 0 N–H and O–H groups in total. The predicted octanol–water partition coefficient (Wildman–Crippen LogP) is 3.14. The monoisotopic (exact) mass is 378 g/mol. The van der Waals surface area contributed by atoms with Gasteiger partial charge in [-0.1, -0.05) is 11.6 Å². The minimum atomic E-state index is 0.0377. The number of carbonyl (C=O) groups is 2. The molecule has 2 amide bonds. The second-order valence-electron chi connectivity index (χ2n) is 7.59. The maximum Gasteiger partial charge on any atom is 0.254 e. The molecular formula is C20H27ClN2O3. The summed E-state index contributed by atoms with van der Waals surface area (Å²) in [6.07, 6.45) is 3.26. The van der Waals surface area contributed by atoms with E-state index in [-0.39, 0.29) is 17.2 Å². The third-order valence-electron chi connectivity index (χ3n) is 5.71. The minimum Gasteiger partial charge on any atom is -0.385 e. The third kappa shape index (κ3) is 4.04. The smallest absolute Gasteiger partial charge is 0.254 e. The van der Waals surface area contributed by atoms with Crippen molar-refractivity contribution in [2.45, 2.75) is 32.6 Å². The minimum absolute atomic E-state index is 0.0377. The van der Waals surface area contributed by atoms with Crippen LogP contribution in [0.5, 0.6) is 0 Å². The van der Waals surface area contributed by atoms with Crippen LogP contribution in [-0.2, 0) is 9.53 Å². The lowest BCUT2D eigenvalue weighted by Gasteiger charge is -2.39. The Bertz CT molecular complexity index is 684. The molecule has 3 rings (SSSR count). The van der Waals surface area contributed by atoms with E-state index in [2.05, 4.69) is 0 Å². The fraction of sp³-hybridized carbons (Fsp3) is 0.600. The van der Waals surface area contributed by atoms with Crippen molar-refractivity contribution in [3.05, 3.63) is 34.3 Å². The number of carbonyl (C=O) groups excluding carboxylic acids is 2. The summed E-state index contributed by atoms with van der Waals surface area (Å²) in [5, 5.41) is 0.648. The molecule has 0 saturated carbocycles. The summed E-state index contributed by atoms with van der Waals surface area (Å²) in [6.45, 7) is 5.59. The van der Waals surface area contributed by atoms with Gasteiger partial charge in [0.15, 0.2) is 0 Å². The Morgan fingerprint density at radius 2 is 2.04 bits per heavy atom. The lowest BCUT2D eigenvalue weighted by Crippen LogP contribution is -2.44. The quantitative estimate of drug-likeness (QED) is 0.739. The number of benzene rings is 1. The van der Waals surface area contributed by atoms with E-state index in [0.29, 0.717) is 36.7 Å². The lowest BCUT2D eigenvalue weighted by molar-refractivity contribution is -0.128. The zero-order valence-corrected chi connectivity index (χ0v) is 16.3. The fourth-order valence-electron chi connectivity index (χ4n) is 4.14. The van der Waals surface area contributed by atoms with Crippen molar-refractivity contribution in [1.82, 2.24) is 9.80 Å². The van der Waals surface area contributed by atoms with Gasteiger partial charge in [0.1, 0.15) is 0 Å². The van der Waals surface area contributed by atoms with Crippen LogP contribution in [0.1, 0.15) is 41.6 Å². The maximum absolute atomic E-state index is 12.8. The summed E-state index contributed by atoms with van der Waals surface area (Å²) in [4.78, 5) is 29.1. The van der Waals surface area contributed by atoms with Crippen molar-refractivity contribution in [1.29, 1.82) is 0 Å². The van der Waals surface area contributed by atoms with E-state index in [1.165, 1.54) is 0 Å². The van der Waals surface area contributed by atoms with E-state index in [1.807, 2.05) is 22.8 Å². The molecule has 6 heteroatoms. The molecule has 26 heavy (non-hydrogen) atoms. The fourth-order valence-corrected chi connectivity index (χ4v) is 4.37. The van der Waals surface area contributed by atoms with Crippen molar-refractivity contribution in [2.24, 2.45) is 5.41 Å². The average molecular weight is 379 g/mol. The van der Waals surface area contributed by atoms with Gasteiger partial charge >= 0.3 is 0 Å². The van der Waals surface area contributed by atoms with Gasteiger partial charge in [-0.15, -0.1) is 0 Å². The summed E-state index contributed by atoms with van der Waals surface area (Å²) in [5.41, 5.74) is 1.66. The Labute approximate surface area is 160 Å². The molecule has 0 aromatic heterocycles. The van der Waals surface area contributed by atoms with Crippen LogP contribution in [0.3, 0.4) is 0 Å². The number of halogens is 1. The first-order valence-corrected chi connectivity index (χ1v) is 9.64. The van der Waals surface area contributed by atoms with Gasteiger partial charge in [-0.25, -0.2) is 0 Å². The highest BCUT2D eigenvalue weighted by Gasteiger charge is 2.45. The van der Waals surface area contributed by atoms with E-state index in [9.17, 15) is 9.59 Å². The number of likely N-dealkylation sites (tertiary alicyclic amines) is 2. The molecule has 1 aromatic rings. The van der Waals surface area contributed by atoms with Gasteiger partial charge in [-0.05, 0) is 49.9 Å².